The smallest absolute Gasteiger partial charge is 0.271 e. The third kappa shape index (κ3) is 4.54. The molecule has 1 aromatic heterocycles. The van der Waals surface area contributed by atoms with Gasteiger partial charge in [0.15, 0.2) is 0 Å². The van der Waals surface area contributed by atoms with Gasteiger partial charge >= 0.3 is 0 Å². The van der Waals surface area contributed by atoms with E-state index in [1.165, 1.54) is 12.8 Å². The van der Waals surface area contributed by atoms with Gasteiger partial charge in [0, 0.05) is 37.3 Å². The molecule has 0 aromatic carbocycles. The Labute approximate surface area is 138 Å². The highest BCUT2D eigenvalue weighted by Crippen LogP contribution is 2.38. The van der Waals surface area contributed by atoms with E-state index in [1.807, 2.05) is 6.07 Å². The van der Waals surface area contributed by atoms with E-state index in [2.05, 4.69) is 34.3 Å². The monoisotopic (exact) mass is 320 g/mol. The number of nitrogens with zero attached hydrogens (tertiary/aromatic N) is 2. The number of carbonyl (C=O) groups is 1. The quantitative estimate of drug-likeness (QED) is 0.803. The van der Waals surface area contributed by atoms with Crippen LogP contribution >= 0.6 is 0 Å². The van der Waals surface area contributed by atoms with Crippen LogP contribution in [-0.4, -0.2) is 59.9 Å². The zero-order valence-electron chi connectivity index (χ0n) is 14.2. The van der Waals surface area contributed by atoms with Crippen molar-refractivity contribution in [2.45, 2.75) is 45.1 Å². The predicted octanol–water partition coefficient (Wildman–Crippen LogP) is 1.76. The summed E-state index contributed by atoms with van der Waals surface area (Å²) < 4.78 is 5.44. The van der Waals surface area contributed by atoms with E-state index < -0.39 is 0 Å². The highest BCUT2D eigenvalue weighted by atomic mass is 16.5. The van der Waals surface area contributed by atoms with E-state index in [1.54, 1.807) is 0 Å². The molecule has 0 radical (unpaired) electrons. The van der Waals surface area contributed by atoms with Crippen molar-refractivity contribution >= 4 is 5.91 Å². The number of H-pyrrole nitrogens is 1. The van der Waals surface area contributed by atoms with Gasteiger partial charge in [-0.1, -0.05) is 13.8 Å². The molecule has 1 atom stereocenters. The van der Waals surface area contributed by atoms with E-state index >= 15 is 0 Å². The Bertz CT molecular complexity index is 518. The van der Waals surface area contributed by atoms with Crippen LogP contribution < -0.4 is 5.32 Å². The molecule has 0 spiro atoms. The second-order valence-corrected chi connectivity index (χ2v) is 7.12. The number of morpholine rings is 1. The summed E-state index contributed by atoms with van der Waals surface area (Å²) in [5.41, 5.74) is 1.61. The first-order chi connectivity index (χ1) is 11.1. The molecule has 1 amide bonds. The number of ether oxygens (including phenoxy) is 1. The topological polar surface area (TPSA) is 70.2 Å². The molecule has 1 aliphatic heterocycles. The van der Waals surface area contributed by atoms with Crippen molar-refractivity contribution in [1.82, 2.24) is 20.4 Å². The molecule has 1 unspecified atom stereocenters. The maximum atomic E-state index is 12.3. The lowest BCUT2D eigenvalue weighted by molar-refractivity contribution is 0.0124. The molecular formula is C17H28N4O2. The summed E-state index contributed by atoms with van der Waals surface area (Å²) >= 11 is 0. The summed E-state index contributed by atoms with van der Waals surface area (Å²) in [6.07, 6.45) is 3.49. The molecule has 2 heterocycles. The maximum absolute atomic E-state index is 12.3. The molecule has 2 aliphatic rings. The van der Waals surface area contributed by atoms with Crippen LogP contribution in [0.25, 0.3) is 0 Å². The second kappa shape index (κ2) is 7.45. The molecule has 1 saturated carbocycles. The summed E-state index contributed by atoms with van der Waals surface area (Å²) in [7, 11) is 0. The van der Waals surface area contributed by atoms with Gasteiger partial charge < -0.3 is 10.1 Å². The van der Waals surface area contributed by atoms with Crippen LogP contribution in [0.2, 0.25) is 0 Å². The fourth-order valence-corrected chi connectivity index (χ4v) is 3.21. The van der Waals surface area contributed by atoms with Gasteiger partial charge in [-0.2, -0.15) is 5.10 Å². The molecule has 6 heteroatoms. The Morgan fingerprint density at radius 1 is 1.43 bits per heavy atom. The summed E-state index contributed by atoms with van der Waals surface area (Å²) in [5.74, 6) is 1.12. The van der Waals surface area contributed by atoms with Crippen molar-refractivity contribution in [3.8, 4) is 0 Å². The van der Waals surface area contributed by atoms with E-state index in [-0.39, 0.29) is 5.91 Å². The minimum absolute atomic E-state index is 0.0739. The van der Waals surface area contributed by atoms with Crippen LogP contribution in [0.4, 0.5) is 0 Å². The summed E-state index contributed by atoms with van der Waals surface area (Å²) in [6.45, 7) is 8.58. The van der Waals surface area contributed by atoms with Gasteiger partial charge in [-0.15, -0.1) is 0 Å². The van der Waals surface area contributed by atoms with Gasteiger partial charge in [0.1, 0.15) is 5.69 Å². The van der Waals surface area contributed by atoms with Gasteiger partial charge in [0.05, 0.1) is 13.2 Å². The summed E-state index contributed by atoms with van der Waals surface area (Å²) in [6, 6.07) is 2.27. The number of rotatable bonds is 7. The highest BCUT2D eigenvalue weighted by Gasteiger charge is 2.27. The average molecular weight is 320 g/mol. The molecule has 0 bridgehead atoms. The van der Waals surface area contributed by atoms with Crippen molar-refractivity contribution < 1.29 is 9.53 Å². The molecule has 6 nitrogen and oxygen atoms in total. The van der Waals surface area contributed by atoms with Crippen molar-refractivity contribution in [3.05, 3.63) is 17.5 Å². The van der Waals surface area contributed by atoms with Gasteiger partial charge in [-0.25, -0.2) is 0 Å². The van der Waals surface area contributed by atoms with Crippen LogP contribution in [0.1, 0.15) is 55.2 Å². The fraction of sp³-hybridized carbons (Fsp3) is 0.765. The van der Waals surface area contributed by atoms with Crippen LogP contribution in [0.5, 0.6) is 0 Å². The lowest BCUT2D eigenvalue weighted by Crippen LogP contribution is -2.49. The Morgan fingerprint density at radius 3 is 2.83 bits per heavy atom. The molecular weight excluding hydrogens is 292 g/mol. The van der Waals surface area contributed by atoms with Gasteiger partial charge in [0.2, 0.25) is 0 Å². The van der Waals surface area contributed by atoms with Crippen LogP contribution in [0, 0.1) is 5.92 Å². The third-order valence-electron chi connectivity index (χ3n) is 4.65. The number of aromatic nitrogens is 2. The zero-order valence-corrected chi connectivity index (χ0v) is 14.2. The molecule has 1 aliphatic carbocycles. The van der Waals surface area contributed by atoms with Gasteiger partial charge in [0.25, 0.3) is 5.91 Å². The lowest BCUT2D eigenvalue weighted by Gasteiger charge is -2.35. The van der Waals surface area contributed by atoms with E-state index in [9.17, 15) is 4.79 Å². The predicted molar refractivity (Wildman–Crippen MR) is 88.5 cm³/mol. The Kier molecular flexibility index (Phi) is 5.33. The Hall–Kier alpha value is -1.40. The first-order valence-corrected chi connectivity index (χ1v) is 8.78. The molecule has 1 aromatic rings. The van der Waals surface area contributed by atoms with Crippen LogP contribution in [-0.2, 0) is 4.74 Å². The number of hydrogen-bond acceptors (Lipinski definition) is 4. The van der Waals surface area contributed by atoms with E-state index in [0.717, 1.165) is 38.4 Å². The molecule has 2 fully saturated rings. The van der Waals surface area contributed by atoms with Crippen molar-refractivity contribution in [2.75, 3.05) is 32.8 Å². The molecule has 1 saturated heterocycles. The molecule has 23 heavy (non-hydrogen) atoms. The minimum atomic E-state index is -0.0739. The largest absolute Gasteiger partial charge is 0.379 e. The van der Waals surface area contributed by atoms with E-state index in [0.29, 0.717) is 30.1 Å². The van der Waals surface area contributed by atoms with Gasteiger partial charge in [-0.05, 0) is 31.2 Å². The summed E-state index contributed by atoms with van der Waals surface area (Å²) in [4.78, 5) is 14.8. The Morgan fingerprint density at radius 2 is 2.17 bits per heavy atom. The standard InChI is InChI=1S/C17H28N4O2/c1-12(2)9-14(21-5-7-23-8-6-21)11-18-17(22)16-10-15(19-20-16)13-3-4-13/h10,12-14H,3-9,11H2,1-2H3,(H,18,22)(H,19,20). The van der Waals surface area contributed by atoms with Crippen LogP contribution in [0.15, 0.2) is 6.07 Å². The minimum Gasteiger partial charge on any atom is -0.379 e. The number of carbonyl (C=O) groups excluding carboxylic acids is 1. The average Bonchev–Trinajstić information content (AvgIpc) is 3.28. The van der Waals surface area contributed by atoms with E-state index in [4.69, 9.17) is 4.74 Å². The first kappa shape index (κ1) is 16.5. The number of aromatic amines is 1. The van der Waals surface area contributed by atoms with Crippen molar-refractivity contribution in [1.29, 1.82) is 0 Å². The lowest BCUT2D eigenvalue weighted by atomic mass is 10.0. The zero-order chi connectivity index (χ0) is 16.2. The molecule has 2 N–H and O–H groups in total. The fourth-order valence-electron chi connectivity index (χ4n) is 3.21. The number of amides is 1. The maximum Gasteiger partial charge on any atom is 0.271 e. The number of nitrogens with one attached hydrogen (secondary N) is 2. The van der Waals surface area contributed by atoms with Crippen molar-refractivity contribution in [2.24, 2.45) is 5.92 Å². The highest BCUT2D eigenvalue weighted by molar-refractivity contribution is 5.92. The molecule has 3 rings (SSSR count). The van der Waals surface area contributed by atoms with Gasteiger partial charge in [-0.3, -0.25) is 14.8 Å². The molecule has 128 valence electrons. The summed E-state index contributed by atoms with van der Waals surface area (Å²) in [5, 5.41) is 10.2. The van der Waals surface area contributed by atoms with Crippen LogP contribution in [0.3, 0.4) is 0 Å². The normalized spacial score (nSPS) is 20.7. The second-order valence-electron chi connectivity index (χ2n) is 7.12. The third-order valence-corrected chi connectivity index (χ3v) is 4.65. The SMILES string of the molecule is CC(C)CC(CNC(=O)c1cc(C2CC2)[nH]n1)N1CCOCC1. The Balaban J connectivity index is 1.54. The number of hydrogen-bond donors (Lipinski definition) is 2. The first-order valence-electron chi connectivity index (χ1n) is 8.78. The van der Waals surface area contributed by atoms with Crippen molar-refractivity contribution in [3.63, 3.8) is 0 Å².